The van der Waals surface area contributed by atoms with E-state index in [-0.39, 0.29) is 0 Å². The van der Waals surface area contributed by atoms with Gasteiger partial charge in [0, 0.05) is 52.6 Å². The summed E-state index contributed by atoms with van der Waals surface area (Å²) >= 11 is 1.82. The van der Waals surface area contributed by atoms with Crippen molar-refractivity contribution in [3.8, 4) is 11.3 Å². The van der Waals surface area contributed by atoms with Crippen molar-refractivity contribution in [3.05, 3.63) is 36.4 Å². The topological polar surface area (TPSA) is 59.1 Å². The second-order valence-electron chi connectivity index (χ2n) is 6.03. The lowest BCUT2D eigenvalue weighted by atomic mass is 10.1. The summed E-state index contributed by atoms with van der Waals surface area (Å²) in [6, 6.07) is 12.8. The zero-order valence-corrected chi connectivity index (χ0v) is 15.4. The van der Waals surface area contributed by atoms with Crippen LogP contribution in [0.1, 0.15) is 13.8 Å². The van der Waals surface area contributed by atoms with Gasteiger partial charge in [0.1, 0.15) is 5.69 Å². The fraction of sp³-hybridized carbons (Fsp3) is 0.316. The van der Waals surface area contributed by atoms with Crippen LogP contribution in [0.5, 0.6) is 0 Å². The van der Waals surface area contributed by atoms with Gasteiger partial charge in [0.15, 0.2) is 0 Å². The highest BCUT2D eigenvalue weighted by Crippen LogP contribution is 2.50. The first-order valence-electron chi connectivity index (χ1n) is 8.80. The number of anilines is 1. The summed E-state index contributed by atoms with van der Waals surface area (Å²) in [4.78, 5) is 4.57. The Labute approximate surface area is 152 Å². The highest BCUT2D eigenvalue weighted by atomic mass is 32.2. The predicted octanol–water partition coefficient (Wildman–Crippen LogP) is 3.52. The molecule has 0 saturated carbocycles. The maximum absolute atomic E-state index is 5.69. The van der Waals surface area contributed by atoms with Crippen LogP contribution in [0.2, 0.25) is 0 Å². The third-order valence-electron chi connectivity index (χ3n) is 4.59. The van der Waals surface area contributed by atoms with E-state index < -0.39 is 0 Å². The minimum Gasteiger partial charge on any atom is -0.383 e. The molecule has 0 fully saturated rings. The molecule has 0 aliphatic carbocycles. The van der Waals surface area contributed by atoms with Gasteiger partial charge in [0.25, 0.3) is 0 Å². The normalized spacial score (nSPS) is 12.3. The SMILES string of the molecule is CCN(CC)n1nc2c3c(c(NCCN)ccc31)Sc1ccccc1-2. The number of hydrogen-bond acceptors (Lipinski definition) is 5. The smallest absolute Gasteiger partial charge is 0.105 e. The van der Waals surface area contributed by atoms with E-state index in [0.717, 1.165) is 36.5 Å². The van der Waals surface area contributed by atoms with Crippen LogP contribution in [-0.4, -0.2) is 36.1 Å². The number of nitrogens with two attached hydrogens (primary N) is 1. The highest BCUT2D eigenvalue weighted by Gasteiger charge is 2.26. The number of rotatable bonds is 6. The Morgan fingerprint density at radius 1 is 1.16 bits per heavy atom. The maximum Gasteiger partial charge on any atom is 0.105 e. The van der Waals surface area contributed by atoms with E-state index in [1.165, 1.54) is 20.7 Å². The van der Waals surface area contributed by atoms with E-state index >= 15 is 0 Å². The molecule has 0 bridgehead atoms. The quantitative estimate of drug-likeness (QED) is 0.555. The summed E-state index contributed by atoms with van der Waals surface area (Å²) in [7, 11) is 0. The van der Waals surface area contributed by atoms with Crippen molar-refractivity contribution < 1.29 is 0 Å². The molecule has 0 unspecified atom stereocenters. The van der Waals surface area contributed by atoms with Crippen LogP contribution in [0.25, 0.3) is 22.2 Å². The Kier molecular flexibility index (Phi) is 4.31. The molecule has 2 heterocycles. The highest BCUT2D eigenvalue weighted by molar-refractivity contribution is 8.00. The molecule has 1 aliphatic rings. The van der Waals surface area contributed by atoms with Crippen molar-refractivity contribution >= 4 is 28.4 Å². The van der Waals surface area contributed by atoms with Crippen molar-refractivity contribution in [1.29, 1.82) is 0 Å². The molecule has 0 atom stereocenters. The van der Waals surface area contributed by atoms with Gasteiger partial charge in [-0.2, -0.15) is 9.89 Å². The van der Waals surface area contributed by atoms with E-state index in [1.54, 1.807) is 0 Å². The summed E-state index contributed by atoms with van der Waals surface area (Å²) in [5.41, 5.74) is 10.3. The summed E-state index contributed by atoms with van der Waals surface area (Å²) < 4.78 is 0. The average Bonchev–Trinajstić information content (AvgIpc) is 3.03. The van der Waals surface area contributed by atoms with Gasteiger partial charge in [-0.05, 0) is 32.0 Å². The second kappa shape index (κ2) is 6.61. The van der Waals surface area contributed by atoms with E-state index in [0.29, 0.717) is 6.54 Å². The molecule has 0 saturated heterocycles. The molecule has 1 aliphatic heterocycles. The molecule has 3 aromatic rings. The van der Waals surface area contributed by atoms with Crippen molar-refractivity contribution in [2.45, 2.75) is 23.6 Å². The Hall–Kier alpha value is -2.18. The molecule has 1 aromatic heterocycles. The lowest BCUT2D eigenvalue weighted by Gasteiger charge is -2.22. The Morgan fingerprint density at radius 3 is 2.72 bits per heavy atom. The molecule has 0 spiro atoms. The number of benzene rings is 2. The first-order valence-corrected chi connectivity index (χ1v) is 9.62. The second-order valence-corrected chi connectivity index (χ2v) is 7.08. The van der Waals surface area contributed by atoms with Gasteiger partial charge in [-0.3, -0.25) is 5.01 Å². The predicted molar refractivity (Wildman–Crippen MR) is 106 cm³/mol. The molecular formula is C19H23N5S. The minimum atomic E-state index is 0.615. The van der Waals surface area contributed by atoms with Crippen LogP contribution in [-0.2, 0) is 0 Å². The van der Waals surface area contributed by atoms with Crippen LogP contribution < -0.4 is 16.1 Å². The Balaban J connectivity index is 1.99. The standard InChI is InChI=1S/C19H23N5S/c1-3-23(4-2)24-15-10-9-14(21-12-11-20)19-17(15)18(22-24)13-7-5-6-8-16(13)25-19/h5-10,21H,3-4,11-12,20H2,1-2H3. The van der Waals surface area contributed by atoms with Gasteiger partial charge < -0.3 is 11.1 Å². The number of nitrogens with zero attached hydrogens (tertiary/aromatic N) is 3. The van der Waals surface area contributed by atoms with Crippen molar-refractivity contribution in [3.63, 3.8) is 0 Å². The first kappa shape index (κ1) is 16.3. The van der Waals surface area contributed by atoms with Gasteiger partial charge >= 0.3 is 0 Å². The molecule has 2 aromatic carbocycles. The Bertz CT molecular complexity index is 914. The summed E-state index contributed by atoms with van der Waals surface area (Å²) in [5, 5.41) is 12.0. The molecule has 0 radical (unpaired) electrons. The van der Waals surface area contributed by atoms with Gasteiger partial charge in [-0.1, -0.05) is 30.0 Å². The zero-order chi connectivity index (χ0) is 17.4. The summed E-state index contributed by atoms with van der Waals surface area (Å²) in [6.07, 6.45) is 0. The number of hydrogen-bond donors (Lipinski definition) is 2. The molecule has 25 heavy (non-hydrogen) atoms. The van der Waals surface area contributed by atoms with E-state index in [2.05, 4.69) is 65.4 Å². The van der Waals surface area contributed by atoms with Crippen LogP contribution in [0.15, 0.2) is 46.2 Å². The number of fused-ring (bicyclic) bond motifs is 2. The lowest BCUT2D eigenvalue weighted by Crippen LogP contribution is -2.34. The third kappa shape index (κ3) is 2.56. The third-order valence-corrected chi connectivity index (χ3v) is 5.80. The van der Waals surface area contributed by atoms with Crippen LogP contribution in [0, 0.1) is 0 Å². The van der Waals surface area contributed by atoms with Gasteiger partial charge in [0.2, 0.25) is 0 Å². The van der Waals surface area contributed by atoms with Crippen LogP contribution in [0.4, 0.5) is 5.69 Å². The van der Waals surface area contributed by atoms with E-state index in [9.17, 15) is 0 Å². The maximum atomic E-state index is 5.69. The van der Waals surface area contributed by atoms with Crippen molar-refractivity contribution in [2.75, 3.05) is 36.5 Å². The molecular weight excluding hydrogens is 330 g/mol. The van der Waals surface area contributed by atoms with Crippen molar-refractivity contribution in [2.24, 2.45) is 5.73 Å². The molecule has 4 rings (SSSR count). The van der Waals surface area contributed by atoms with E-state index in [1.807, 2.05) is 11.8 Å². The molecule has 5 nitrogen and oxygen atoms in total. The summed E-state index contributed by atoms with van der Waals surface area (Å²) in [5.74, 6) is 0. The fourth-order valence-electron chi connectivity index (χ4n) is 3.38. The number of aromatic nitrogens is 2. The lowest BCUT2D eigenvalue weighted by molar-refractivity contribution is 0.575. The zero-order valence-electron chi connectivity index (χ0n) is 14.6. The minimum absolute atomic E-state index is 0.615. The molecule has 3 N–H and O–H groups in total. The van der Waals surface area contributed by atoms with Crippen molar-refractivity contribution in [1.82, 2.24) is 9.89 Å². The fourth-order valence-corrected chi connectivity index (χ4v) is 4.57. The molecule has 0 amide bonds. The van der Waals surface area contributed by atoms with Crippen LogP contribution >= 0.6 is 11.8 Å². The van der Waals surface area contributed by atoms with Crippen LogP contribution in [0.3, 0.4) is 0 Å². The molecule has 130 valence electrons. The monoisotopic (exact) mass is 353 g/mol. The molecule has 6 heteroatoms. The average molecular weight is 353 g/mol. The van der Waals surface area contributed by atoms with Gasteiger partial charge in [-0.15, -0.1) is 0 Å². The van der Waals surface area contributed by atoms with Gasteiger partial charge in [0.05, 0.1) is 5.52 Å². The van der Waals surface area contributed by atoms with E-state index in [4.69, 9.17) is 10.8 Å². The number of nitrogens with one attached hydrogen (secondary N) is 1. The summed E-state index contributed by atoms with van der Waals surface area (Å²) in [6.45, 7) is 7.55. The largest absolute Gasteiger partial charge is 0.383 e. The van der Waals surface area contributed by atoms with Gasteiger partial charge in [-0.25, -0.2) is 0 Å². The first-order chi connectivity index (χ1) is 12.3. The Morgan fingerprint density at radius 2 is 1.96 bits per heavy atom.